The number of benzene rings is 1. The molecular weight excluding hydrogens is 394 g/mol. The maximum atomic E-state index is 12.6. The number of hydrogen-bond acceptors (Lipinski definition) is 3. The summed E-state index contributed by atoms with van der Waals surface area (Å²) in [5.41, 5.74) is 0.904. The quantitative estimate of drug-likeness (QED) is 0.723. The number of carbonyl (C=O) groups is 1. The van der Waals surface area contributed by atoms with Gasteiger partial charge < -0.3 is 15.6 Å². The number of halogens is 2. The van der Waals surface area contributed by atoms with Crippen LogP contribution in [0.3, 0.4) is 0 Å². The number of para-hydroxylation sites is 1. The molecule has 1 amide bonds. The third kappa shape index (κ3) is 3.99. The van der Waals surface area contributed by atoms with Crippen LogP contribution in [0.1, 0.15) is 30.1 Å². The number of nitrogens with one attached hydrogen (secondary N) is 3. The van der Waals surface area contributed by atoms with Crippen LogP contribution in [0.4, 0.5) is 0 Å². The largest absolute Gasteiger partial charge is 0.351 e. The lowest BCUT2D eigenvalue weighted by atomic mass is 9.81. The highest BCUT2D eigenvalue weighted by Crippen LogP contribution is 2.27. The van der Waals surface area contributed by atoms with Crippen molar-refractivity contribution in [2.24, 2.45) is 5.41 Å². The van der Waals surface area contributed by atoms with E-state index in [9.17, 15) is 9.59 Å². The maximum absolute atomic E-state index is 12.6. The zero-order valence-electron chi connectivity index (χ0n) is 13.4. The number of rotatable bonds is 3. The van der Waals surface area contributed by atoms with Crippen molar-refractivity contribution in [3.63, 3.8) is 0 Å². The summed E-state index contributed by atoms with van der Waals surface area (Å²) in [6, 6.07) is 6.91. The molecule has 3 N–H and O–H groups in total. The van der Waals surface area contributed by atoms with E-state index in [-0.39, 0.29) is 29.3 Å². The van der Waals surface area contributed by atoms with Gasteiger partial charge in [0.2, 0.25) is 5.56 Å². The third-order valence-electron chi connectivity index (χ3n) is 4.56. The Hall–Kier alpha value is -1.37. The van der Waals surface area contributed by atoms with Crippen molar-refractivity contribution in [2.75, 3.05) is 19.6 Å². The lowest BCUT2D eigenvalue weighted by molar-refractivity contribution is 0.0924. The Balaban J connectivity index is 0.00000208. The maximum Gasteiger partial charge on any atom is 0.252 e. The SMILES string of the molecule is CC1(CNC(=O)c2cc(=O)[nH]c3c(Br)cccc23)CCNCC1.Cl. The van der Waals surface area contributed by atoms with Crippen LogP contribution in [0.25, 0.3) is 10.9 Å². The molecule has 5 nitrogen and oxygen atoms in total. The minimum atomic E-state index is -0.275. The summed E-state index contributed by atoms with van der Waals surface area (Å²) >= 11 is 3.42. The Morgan fingerprint density at radius 2 is 2.04 bits per heavy atom. The first-order valence-corrected chi connectivity index (χ1v) is 8.58. The number of amides is 1. The molecule has 1 aromatic carbocycles. The van der Waals surface area contributed by atoms with Gasteiger partial charge >= 0.3 is 0 Å². The van der Waals surface area contributed by atoms with Crippen LogP contribution < -0.4 is 16.2 Å². The standard InChI is InChI=1S/C17H20BrN3O2.ClH/c1-17(5-7-19-8-6-17)10-20-16(23)12-9-14(22)21-15-11(12)3-2-4-13(15)18;/h2-4,9,19H,5-8,10H2,1H3,(H,20,23)(H,21,22);1H. The lowest BCUT2D eigenvalue weighted by Crippen LogP contribution is -2.43. The Morgan fingerprint density at radius 3 is 2.75 bits per heavy atom. The summed E-state index contributed by atoms with van der Waals surface area (Å²) in [5.74, 6) is -0.195. The summed E-state index contributed by atoms with van der Waals surface area (Å²) in [4.78, 5) is 27.3. The molecule has 24 heavy (non-hydrogen) atoms. The molecule has 0 bridgehead atoms. The van der Waals surface area contributed by atoms with Gasteiger partial charge in [0.15, 0.2) is 0 Å². The van der Waals surface area contributed by atoms with Crippen molar-refractivity contribution >= 4 is 45.1 Å². The lowest BCUT2D eigenvalue weighted by Gasteiger charge is -2.34. The zero-order chi connectivity index (χ0) is 16.4. The van der Waals surface area contributed by atoms with Crippen LogP contribution >= 0.6 is 28.3 Å². The average molecular weight is 415 g/mol. The molecule has 1 aromatic heterocycles. The van der Waals surface area contributed by atoms with E-state index in [1.54, 1.807) is 0 Å². The second-order valence-corrected chi connectivity index (χ2v) is 7.31. The third-order valence-corrected chi connectivity index (χ3v) is 5.22. The van der Waals surface area contributed by atoms with E-state index in [0.717, 1.165) is 35.8 Å². The van der Waals surface area contributed by atoms with Gasteiger partial charge in [0.05, 0.1) is 11.1 Å². The molecular formula is C17H21BrClN3O2. The van der Waals surface area contributed by atoms with E-state index < -0.39 is 0 Å². The minimum Gasteiger partial charge on any atom is -0.351 e. The molecule has 0 saturated carbocycles. The molecule has 0 aliphatic carbocycles. The van der Waals surface area contributed by atoms with Crippen LogP contribution in [-0.2, 0) is 0 Å². The zero-order valence-corrected chi connectivity index (χ0v) is 15.9. The summed E-state index contributed by atoms with van der Waals surface area (Å²) in [6.45, 7) is 4.77. The van der Waals surface area contributed by atoms with Crippen LogP contribution in [0.15, 0.2) is 33.5 Å². The first-order valence-electron chi connectivity index (χ1n) is 7.79. The fourth-order valence-corrected chi connectivity index (χ4v) is 3.49. The molecule has 1 aliphatic heterocycles. The van der Waals surface area contributed by atoms with Crippen LogP contribution in [0.2, 0.25) is 0 Å². The van der Waals surface area contributed by atoms with Gasteiger partial charge in [-0.3, -0.25) is 9.59 Å². The fourth-order valence-electron chi connectivity index (χ4n) is 3.03. The average Bonchev–Trinajstić information content (AvgIpc) is 2.54. The Bertz CT molecular complexity index is 800. The van der Waals surface area contributed by atoms with E-state index in [0.29, 0.717) is 17.6 Å². The number of aromatic nitrogens is 1. The molecule has 0 unspecified atom stereocenters. The first kappa shape index (κ1) is 19.0. The van der Waals surface area contributed by atoms with E-state index in [2.05, 4.69) is 38.5 Å². The molecule has 1 fully saturated rings. The molecule has 130 valence electrons. The molecule has 7 heteroatoms. The van der Waals surface area contributed by atoms with Gasteiger partial charge in [-0.2, -0.15) is 0 Å². The van der Waals surface area contributed by atoms with E-state index in [1.807, 2.05) is 18.2 Å². The smallest absolute Gasteiger partial charge is 0.252 e. The second-order valence-electron chi connectivity index (χ2n) is 6.45. The topological polar surface area (TPSA) is 74.0 Å². The number of H-pyrrole nitrogens is 1. The molecule has 2 heterocycles. The predicted molar refractivity (Wildman–Crippen MR) is 102 cm³/mol. The first-order chi connectivity index (χ1) is 11.0. The molecule has 2 aromatic rings. The molecule has 3 rings (SSSR count). The minimum absolute atomic E-state index is 0. The summed E-state index contributed by atoms with van der Waals surface area (Å²) < 4.78 is 0.770. The van der Waals surface area contributed by atoms with Crippen LogP contribution in [0.5, 0.6) is 0 Å². The predicted octanol–water partition coefficient (Wildman–Crippen LogP) is 2.83. The highest BCUT2D eigenvalue weighted by molar-refractivity contribution is 9.10. The molecule has 0 radical (unpaired) electrons. The van der Waals surface area contributed by atoms with Gasteiger partial charge in [-0.25, -0.2) is 0 Å². The normalized spacial score (nSPS) is 16.4. The highest BCUT2D eigenvalue weighted by Gasteiger charge is 2.27. The number of fused-ring (bicyclic) bond motifs is 1. The van der Waals surface area contributed by atoms with Crippen molar-refractivity contribution in [1.29, 1.82) is 0 Å². The number of carbonyl (C=O) groups excluding carboxylic acids is 1. The number of hydrogen-bond donors (Lipinski definition) is 3. The monoisotopic (exact) mass is 413 g/mol. The Labute approximate surface area is 155 Å². The van der Waals surface area contributed by atoms with Crippen molar-refractivity contribution < 1.29 is 4.79 Å². The van der Waals surface area contributed by atoms with Crippen molar-refractivity contribution in [2.45, 2.75) is 19.8 Å². The second kappa shape index (κ2) is 7.68. The van der Waals surface area contributed by atoms with E-state index in [4.69, 9.17) is 0 Å². The molecule has 1 saturated heterocycles. The summed E-state index contributed by atoms with van der Waals surface area (Å²) in [7, 11) is 0. The van der Waals surface area contributed by atoms with Gasteiger partial charge in [0, 0.05) is 22.5 Å². The van der Waals surface area contributed by atoms with Gasteiger partial charge in [-0.15, -0.1) is 12.4 Å². The van der Waals surface area contributed by atoms with Crippen LogP contribution in [-0.4, -0.2) is 30.5 Å². The van der Waals surface area contributed by atoms with Crippen molar-refractivity contribution in [3.8, 4) is 0 Å². The van der Waals surface area contributed by atoms with Gasteiger partial charge in [-0.1, -0.05) is 19.1 Å². The van der Waals surface area contributed by atoms with Crippen molar-refractivity contribution in [3.05, 3.63) is 44.7 Å². The van der Waals surface area contributed by atoms with Gasteiger partial charge in [0.1, 0.15) is 0 Å². The van der Waals surface area contributed by atoms with E-state index in [1.165, 1.54) is 6.07 Å². The fraction of sp³-hybridized carbons (Fsp3) is 0.412. The number of piperidine rings is 1. The van der Waals surface area contributed by atoms with Crippen LogP contribution in [0, 0.1) is 5.41 Å². The van der Waals surface area contributed by atoms with E-state index >= 15 is 0 Å². The van der Waals surface area contributed by atoms with Crippen molar-refractivity contribution in [1.82, 2.24) is 15.6 Å². The number of pyridine rings is 1. The van der Waals surface area contributed by atoms with Gasteiger partial charge in [0.25, 0.3) is 5.91 Å². The summed E-state index contributed by atoms with van der Waals surface area (Å²) in [5, 5.41) is 7.09. The Kier molecular flexibility index (Phi) is 6.06. The molecule has 0 atom stereocenters. The number of aromatic amines is 1. The highest BCUT2D eigenvalue weighted by atomic mass is 79.9. The molecule has 1 aliphatic rings. The van der Waals surface area contributed by atoms with Gasteiger partial charge in [-0.05, 0) is 53.3 Å². The Morgan fingerprint density at radius 1 is 1.33 bits per heavy atom. The molecule has 0 spiro atoms. The summed E-state index contributed by atoms with van der Waals surface area (Å²) in [6.07, 6.45) is 2.07.